The van der Waals surface area contributed by atoms with Gasteiger partial charge in [-0.1, -0.05) is 67.4 Å². The molecule has 1 saturated carbocycles. The highest BCUT2D eigenvalue weighted by Crippen LogP contribution is 2.60. The number of para-hydroxylation sites is 1. The third kappa shape index (κ3) is 4.49. The monoisotopic (exact) mass is 414 g/mol. The number of esters is 1. The van der Waals surface area contributed by atoms with Gasteiger partial charge in [-0.3, -0.25) is 4.79 Å². The summed E-state index contributed by atoms with van der Waals surface area (Å²) in [7, 11) is 0. The van der Waals surface area contributed by atoms with Crippen LogP contribution in [0, 0.1) is 28.6 Å². The lowest BCUT2D eigenvalue weighted by molar-refractivity contribution is -0.149. The normalized spacial score (nSPS) is 20.4. The minimum Gasteiger partial charge on any atom is -0.442 e. The van der Waals surface area contributed by atoms with Gasteiger partial charge >= 0.3 is 5.97 Å². The van der Waals surface area contributed by atoms with E-state index in [1.807, 2.05) is 56.3 Å². The van der Waals surface area contributed by atoms with Gasteiger partial charge in [0, 0.05) is 16.9 Å². The van der Waals surface area contributed by atoms with E-state index in [1.54, 1.807) is 18.2 Å². The minimum atomic E-state index is -0.988. The lowest BCUT2D eigenvalue weighted by atomic mass is 10.1. The molecule has 0 radical (unpaired) electrons. The van der Waals surface area contributed by atoms with Crippen molar-refractivity contribution < 1.29 is 9.53 Å². The average Bonchev–Trinajstić information content (AvgIpc) is 3.20. The van der Waals surface area contributed by atoms with Crippen LogP contribution in [0.2, 0.25) is 0 Å². The average molecular weight is 415 g/mol. The van der Waals surface area contributed by atoms with Gasteiger partial charge in [0.2, 0.25) is 6.10 Å². The molecule has 0 heterocycles. The van der Waals surface area contributed by atoms with E-state index in [-0.39, 0.29) is 21.7 Å². The molecule has 0 spiro atoms. The van der Waals surface area contributed by atoms with E-state index in [0.29, 0.717) is 5.56 Å². The third-order valence-electron chi connectivity index (χ3n) is 5.07. The molecule has 2 aromatic rings. The van der Waals surface area contributed by atoms with Gasteiger partial charge in [0.15, 0.2) is 0 Å². The number of ether oxygens (including phenoxy) is 1. The molecule has 2 aromatic carbocycles. The molecule has 1 N–H and O–H groups in total. The number of nitrogens with zero attached hydrogens (tertiary/aromatic N) is 1. The third-order valence-corrected chi connectivity index (χ3v) is 5.33. The van der Waals surface area contributed by atoms with E-state index in [4.69, 9.17) is 27.9 Å². The summed E-state index contributed by atoms with van der Waals surface area (Å²) in [5.41, 5.74) is 2.04. The first kappa shape index (κ1) is 20.3. The number of halogens is 2. The quantitative estimate of drug-likeness (QED) is 0.577. The van der Waals surface area contributed by atoms with Crippen molar-refractivity contribution in [2.75, 3.05) is 5.32 Å². The molecule has 0 saturated heterocycles. The van der Waals surface area contributed by atoms with Gasteiger partial charge in [-0.05, 0) is 41.7 Å². The van der Waals surface area contributed by atoms with Crippen molar-refractivity contribution in [2.45, 2.75) is 20.0 Å². The second-order valence-corrected chi connectivity index (χ2v) is 8.35. The Morgan fingerprint density at radius 1 is 1.18 bits per heavy atom. The van der Waals surface area contributed by atoms with Crippen LogP contribution in [0.5, 0.6) is 0 Å². The van der Waals surface area contributed by atoms with Crippen LogP contribution in [0.15, 0.2) is 65.2 Å². The van der Waals surface area contributed by atoms with Gasteiger partial charge < -0.3 is 10.1 Å². The Morgan fingerprint density at radius 2 is 1.86 bits per heavy atom. The Kier molecular flexibility index (Phi) is 5.98. The van der Waals surface area contributed by atoms with Crippen LogP contribution in [0.3, 0.4) is 0 Å². The van der Waals surface area contributed by atoms with E-state index in [0.717, 1.165) is 11.4 Å². The van der Waals surface area contributed by atoms with Crippen LogP contribution in [0.25, 0.3) is 0 Å². The fourth-order valence-electron chi connectivity index (χ4n) is 3.40. The van der Waals surface area contributed by atoms with Crippen LogP contribution < -0.4 is 5.32 Å². The Bertz CT molecular complexity index is 931. The number of allylic oxidation sites excluding steroid dienone is 1. The molecule has 144 valence electrons. The number of carbonyl (C=O) groups is 1. The second-order valence-electron chi connectivity index (χ2n) is 7.34. The molecule has 0 amide bonds. The summed E-state index contributed by atoms with van der Waals surface area (Å²) < 4.78 is 5.65. The summed E-state index contributed by atoms with van der Waals surface area (Å²) in [5.74, 6) is -0.897. The lowest BCUT2D eigenvalue weighted by Gasteiger charge is -2.14. The zero-order chi connectivity index (χ0) is 20.3. The van der Waals surface area contributed by atoms with Gasteiger partial charge in [0.25, 0.3) is 0 Å². The number of hydrogen-bond acceptors (Lipinski definition) is 4. The second kappa shape index (κ2) is 8.26. The first-order valence-corrected chi connectivity index (χ1v) is 9.63. The topological polar surface area (TPSA) is 62.1 Å². The van der Waals surface area contributed by atoms with Gasteiger partial charge in [-0.25, -0.2) is 0 Å². The zero-order valence-electron chi connectivity index (χ0n) is 15.5. The molecule has 1 unspecified atom stereocenters. The first-order chi connectivity index (χ1) is 13.3. The van der Waals surface area contributed by atoms with E-state index in [1.165, 1.54) is 0 Å². The summed E-state index contributed by atoms with van der Waals surface area (Å²) >= 11 is 11.5. The van der Waals surface area contributed by atoms with Crippen molar-refractivity contribution in [3.05, 3.63) is 70.7 Å². The molecule has 3 atom stereocenters. The Labute approximate surface area is 174 Å². The van der Waals surface area contributed by atoms with Gasteiger partial charge in [0.1, 0.15) is 10.6 Å². The molecule has 4 nitrogen and oxygen atoms in total. The predicted octanol–water partition coefficient (Wildman–Crippen LogP) is 6.13. The van der Waals surface area contributed by atoms with Gasteiger partial charge in [-0.2, -0.15) is 5.26 Å². The zero-order valence-corrected chi connectivity index (χ0v) is 17.0. The molecular weight excluding hydrogens is 395 g/mol. The molecule has 0 bridgehead atoms. The predicted molar refractivity (Wildman–Crippen MR) is 111 cm³/mol. The minimum absolute atomic E-state index is 0.101. The van der Waals surface area contributed by atoms with Crippen molar-refractivity contribution in [1.82, 2.24) is 0 Å². The molecule has 1 fully saturated rings. The summed E-state index contributed by atoms with van der Waals surface area (Å²) in [4.78, 5) is 12.6. The number of benzene rings is 2. The lowest BCUT2D eigenvalue weighted by Crippen LogP contribution is -2.14. The standard InChI is InChI=1S/C22H20Cl2N2O2/c1-22(2)17(12-19(23)24)20(22)21(27)28-18(13-25)14-7-6-10-16(11-14)26-15-8-4-3-5-9-15/h3-12,17-18,20,26H,1-2H3/t17-,18?,20-/m0/s1. The fraction of sp³-hybridized carbons (Fsp3) is 0.273. The maximum absolute atomic E-state index is 12.6. The number of rotatable bonds is 6. The van der Waals surface area contributed by atoms with Crippen molar-refractivity contribution in [3.63, 3.8) is 0 Å². The summed E-state index contributed by atoms with van der Waals surface area (Å²) in [6, 6.07) is 19.0. The maximum atomic E-state index is 12.6. The fourth-order valence-corrected chi connectivity index (χ4v) is 3.67. The van der Waals surface area contributed by atoms with Crippen LogP contribution in [0.1, 0.15) is 25.5 Å². The highest BCUT2D eigenvalue weighted by atomic mass is 35.5. The molecule has 0 aliphatic heterocycles. The van der Waals surface area contributed by atoms with Crippen LogP contribution in [-0.4, -0.2) is 5.97 Å². The Balaban J connectivity index is 1.72. The molecule has 1 aliphatic carbocycles. The van der Waals surface area contributed by atoms with Crippen molar-refractivity contribution in [2.24, 2.45) is 17.3 Å². The van der Waals surface area contributed by atoms with E-state index in [2.05, 4.69) is 11.4 Å². The number of nitrogens with one attached hydrogen (secondary N) is 1. The van der Waals surface area contributed by atoms with Crippen LogP contribution >= 0.6 is 23.2 Å². The summed E-state index contributed by atoms with van der Waals surface area (Å²) in [5, 5.41) is 12.8. The number of hydrogen-bond donors (Lipinski definition) is 1. The number of nitriles is 1. The highest BCUT2D eigenvalue weighted by molar-refractivity contribution is 6.55. The molecular formula is C22H20Cl2N2O2. The number of anilines is 2. The van der Waals surface area contributed by atoms with Crippen LogP contribution in [-0.2, 0) is 9.53 Å². The Hall–Kier alpha value is -2.48. The summed E-state index contributed by atoms with van der Waals surface area (Å²) in [6.45, 7) is 3.89. The molecule has 1 aliphatic rings. The largest absolute Gasteiger partial charge is 0.442 e. The highest BCUT2D eigenvalue weighted by Gasteiger charge is 2.62. The maximum Gasteiger partial charge on any atom is 0.311 e. The van der Waals surface area contributed by atoms with Gasteiger partial charge in [-0.15, -0.1) is 0 Å². The molecule has 0 aromatic heterocycles. The summed E-state index contributed by atoms with van der Waals surface area (Å²) in [6.07, 6.45) is 0.665. The van der Waals surface area contributed by atoms with Crippen LogP contribution in [0.4, 0.5) is 11.4 Å². The van der Waals surface area contributed by atoms with Crippen molar-refractivity contribution in [1.29, 1.82) is 5.26 Å². The van der Waals surface area contributed by atoms with E-state index < -0.39 is 12.1 Å². The SMILES string of the molecule is CC1(C)[C@H](C(=O)OC(C#N)c2cccc(Nc3ccccc3)c2)[C@@H]1C=C(Cl)Cl. The Morgan fingerprint density at radius 3 is 2.50 bits per heavy atom. The molecule has 6 heteroatoms. The van der Waals surface area contributed by atoms with E-state index in [9.17, 15) is 10.1 Å². The molecule has 3 rings (SSSR count). The smallest absolute Gasteiger partial charge is 0.311 e. The van der Waals surface area contributed by atoms with Gasteiger partial charge in [0.05, 0.1) is 5.92 Å². The van der Waals surface area contributed by atoms with E-state index >= 15 is 0 Å². The molecule has 28 heavy (non-hydrogen) atoms. The first-order valence-electron chi connectivity index (χ1n) is 8.88. The number of carbonyl (C=O) groups excluding carboxylic acids is 1. The van der Waals surface area contributed by atoms with Crippen molar-refractivity contribution in [3.8, 4) is 6.07 Å². The van der Waals surface area contributed by atoms with Crippen molar-refractivity contribution >= 4 is 40.5 Å².